The van der Waals surface area contributed by atoms with Crippen LogP contribution in [-0.4, -0.2) is 9.78 Å². The number of allylic oxidation sites excluding steroid dienone is 4. The predicted octanol–water partition coefficient (Wildman–Crippen LogP) is -0.0110. The fourth-order valence-electron chi connectivity index (χ4n) is 3.01. The van der Waals surface area contributed by atoms with E-state index in [0.717, 1.165) is 17.6 Å². The van der Waals surface area contributed by atoms with Crippen LogP contribution in [0.1, 0.15) is 20.3 Å². The van der Waals surface area contributed by atoms with Gasteiger partial charge in [0, 0.05) is 11.6 Å². The van der Waals surface area contributed by atoms with Crippen LogP contribution in [0.5, 0.6) is 0 Å². The number of nitrogens with zero attached hydrogens (tertiary/aromatic N) is 2. The van der Waals surface area contributed by atoms with Crippen LogP contribution in [0.3, 0.4) is 0 Å². The third kappa shape index (κ3) is 5.21. The van der Waals surface area contributed by atoms with Crippen molar-refractivity contribution in [2.24, 2.45) is 0 Å². The first-order valence-electron chi connectivity index (χ1n) is 8.55. The van der Waals surface area contributed by atoms with Crippen molar-refractivity contribution < 1.29 is 46.5 Å². The van der Waals surface area contributed by atoms with Crippen molar-refractivity contribution in [2.75, 3.05) is 0 Å². The molecular formula is C23H20Cl2N2Ti. The van der Waals surface area contributed by atoms with E-state index in [1.54, 1.807) is 0 Å². The van der Waals surface area contributed by atoms with Gasteiger partial charge in [-0.25, -0.2) is 11.1 Å². The molecule has 0 amide bonds. The molecule has 0 unspecified atom stereocenters. The van der Waals surface area contributed by atoms with Gasteiger partial charge in [-0.2, -0.15) is 11.2 Å². The van der Waals surface area contributed by atoms with E-state index in [2.05, 4.69) is 79.8 Å². The molecule has 3 aromatic carbocycles. The number of benzene rings is 2. The molecule has 4 aromatic rings. The van der Waals surface area contributed by atoms with Crippen LogP contribution in [0.25, 0.3) is 27.4 Å². The third-order valence-electron chi connectivity index (χ3n) is 4.65. The number of rotatable bonds is 1. The first-order valence-corrected chi connectivity index (χ1v) is 8.55. The van der Waals surface area contributed by atoms with E-state index in [1.807, 2.05) is 22.9 Å². The summed E-state index contributed by atoms with van der Waals surface area (Å²) >= 11 is 0. The Morgan fingerprint density at radius 2 is 1.64 bits per heavy atom. The van der Waals surface area contributed by atoms with Gasteiger partial charge in [0.25, 0.3) is 0 Å². The summed E-state index contributed by atoms with van der Waals surface area (Å²) in [6.07, 6.45) is 8.48. The largest absolute Gasteiger partial charge is 4.00 e. The van der Waals surface area contributed by atoms with Gasteiger partial charge in [0.1, 0.15) is 0 Å². The Bertz CT molecular complexity index is 952. The number of hydrogen-bond acceptors (Lipinski definition) is 1. The molecule has 0 saturated carbocycles. The molecule has 140 valence electrons. The van der Waals surface area contributed by atoms with Crippen molar-refractivity contribution in [3.8, 4) is 5.69 Å². The van der Waals surface area contributed by atoms with E-state index >= 15 is 0 Å². The molecule has 0 atom stereocenters. The number of fused-ring (bicyclic) bond motifs is 2. The van der Waals surface area contributed by atoms with Crippen molar-refractivity contribution in [1.82, 2.24) is 9.78 Å². The van der Waals surface area contributed by atoms with E-state index < -0.39 is 0 Å². The average molecular weight is 443 g/mol. The van der Waals surface area contributed by atoms with Crippen molar-refractivity contribution >= 4 is 21.7 Å². The fraction of sp³-hybridized carbons (Fsp3) is 0.130. The summed E-state index contributed by atoms with van der Waals surface area (Å²) in [5, 5.41) is 8.28. The Labute approximate surface area is 193 Å². The van der Waals surface area contributed by atoms with Crippen molar-refractivity contribution in [2.45, 2.75) is 20.3 Å². The molecule has 0 spiro atoms. The van der Waals surface area contributed by atoms with Crippen LogP contribution in [0, 0.1) is 6.08 Å². The van der Waals surface area contributed by atoms with Gasteiger partial charge < -0.3 is 24.8 Å². The van der Waals surface area contributed by atoms with E-state index in [0.29, 0.717) is 0 Å². The van der Waals surface area contributed by atoms with E-state index in [-0.39, 0.29) is 46.5 Å². The zero-order valence-electron chi connectivity index (χ0n) is 15.8. The molecule has 5 heteroatoms. The van der Waals surface area contributed by atoms with Crippen molar-refractivity contribution in [1.29, 1.82) is 0 Å². The van der Waals surface area contributed by atoms with Gasteiger partial charge in [0.15, 0.2) is 0 Å². The normalized spacial score (nSPS) is 12.1. The van der Waals surface area contributed by atoms with E-state index in [9.17, 15) is 0 Å². The van der Waals surface area contributed by atoms with Crippen molar-refractivity contribution in [3.63, 3.8) is 0 Å². The molecule has 1 aromatic heterocycles. The minimum absolute atomic E-state index is 0. The summed E-state index contributed by atoms with van der Waals surface area (Å²) in [7, 11) is 0. The Hall–Kier alpha value is -1.71. The van der Waals surface area contributed by atoms with Crippen LogP contribution in [0.2, 0.25) is 0 Å². The second kappa shape index (κ2) is 10.7. The van der Waals surface area contributed by atoms with Gasteiger partial charge in [-0.3, -0.25) is 10.8 Å². The Balaban J connectivity index is 0.000000341. The number of aromatic nitrogens is 2. The first-order chi connectivity index (χ1) is 12.2. The molecule has 1 heterocycles. The monoisotopic (exact) mass is 442 g/mol. The fourth-order valence-corrected chi connectivity index (χ4v) is 3.01. The van der Waals surface area contributed by atoms with Crippen LogP contribution in [-0.2, 0) is 21.7 Å². The van der Waals surface area contributed by atoms with E-state index in [1.165, 1.54) is 27.3 Å². The third-order valence-corrected chi connectivity index (χ3v) is 4.65. The summed E-state index contributed by atoms with van der Waals surface area (Å²) in [4.78, 5) is 0. The molecule has 2 nitrogen and oxygen atoms in total. The predicted molar refractivity (Wildman–Crippen MR) is 105 cm³/mol. The van der Waals surface area contributed by atoms with E-state index in [4.69, 9.17) is 0 Å². The van der Waals surface area contributed by atoms with Crippen LogP contribution in [0.15, 0.2) is 84.1 Å². The quantitative estimate of drug-likeness (QED) is 0.299. The molecule has 1 aliphatic carbocycles. The summed E-state index contributed by atoms with van der Waals surface area (Å²) in [6, 6.07) is 20.9. The molecule has 0 radical (unpaired) electrons. The SMILES string of the molecule is CC1=[C-]CC=C1C.[Cl-].[Cl-].[Ti+4].c1ccc2[cH-]c(-n3cc4ccccc4n3)cc2c1. The topological polar surface area (TPSA) is 17.8 Å². The summed E-state index contributed by atoms with van der Waals surface area (Å²) < 4.78 is 1.95. The molecule has 0 aliphatic heterocycles. The molecular weight excluding hydrogens is 423 g/mol. The maximum atomic E-state index is 4.59. The van der Waals surface area contributed by atoms with Gasteiger partial charge in [0.2, 0.25) is 0 Å². The second-order valence-corrected chi connectivity index (χ2v) is 6.37. The van der Waals surface area contributed by atoms with Gasteiger partial charge in [-0.1, -0.05) is 31.2 Å². The average Bonchev–Trinajstić information content (AvgIpc) is 3.33. The maximum Gasteiger partial charge on any atom is 4.00 e. The van der Waals surface area contributed by atoms with Gasteiger partial charge in [0.05, 0.1) is 5.52 Å². The first kappa shape index (κ1) is 24.3. The van der Waals surface area contributed by atoms with Gasteiger partial charge >= 0.3 is 21.7 Å². The molecule has 0 fully saturated rings. The van der Waals surface area contributed by atoms with Crippen LogP contribution >= 0.6 is 0 Å². The van der Waals surface area contributed by atoms with Crippen LogP contribution in [0.4, 0.5) is 0 Å². The summed E-state index contributed by atoms with van der Waals surface area (Å²) in [5.41, 5.74) is 4.86. The molecule has 5 rings (SSSR count). The molecule has 0 bridgehead atoms. The molecule has 0 saturated heterocycles. The van der Waals surface area contributed by atoms with Crippen molar-refractivity contribution in [3.05, 3.63) is 90.2 Å². The molecule has 1 aliphatic rings. The second-order valence-electron chi connectivity index (χ2n) is 6.37. The number of halogens is 2. The Morgan fingerprint density at radius 3 is 2.21 bits per heavy atom. The zero-order chi connectivity index (χ0) is 17.2. The molecule has 28 heavy (non-hydrogen) atoms. The summed E-state index contributed by atoms with van der Waals surface area (Å²) in [5.74, 6) is 0. The molecule has 0 N–H and O–H groups in total. The smallest absolute Gasteiger partial charge is 1.00 e. The minimum atomic E-state index is 0. The summed E-state index contributed by atoms with van der Waals surface area (Å²) in [6.45, 7) is 4.22. The van der Waals surface area contributed by atoms with Gasteiger partial charge in [-0.15, -0.1) is 54.4 Å². The Morgan fingerprint density at radius 1 is 0.964 bits per heavy atom. The maximum absolute atomic E-state index is 4.59. The number of hydrogen-bond donors (Lipinski definition) is 0. The minimum Gasteiger partial charge on any atom is -1.00 e. The van der Waals surface area contributed by atoms with Crippen LogP contribution < -0.4 is 24.8 Å². The van der Waals surface area contributed by atoms with Gasteiger partial charge in [-0.05, 0) is 11.8 Å². The Kier molecular flexibility index (Phi) is 9.33. The standard InChI is InChI=1S/C16H11N2.C7H9.2ClH.Ti/c1-2-6-13-10-15(9-12(13)5-1)18-11-14-7-3-4-8-16(14)17-18;1-6-4-3-5-7(6)2;;;/h1-11H;4H,3H2,1-2H3;2*1H;/q2*-1;;;+4/p-2. The zero-order valence-corrected chi connectivity index (χ0v) is 18.9.